The monoisotopic (exact) mass is 286 g/mol. The van der Waals surface area contributed by atoms with Gasteiger partial charge in [0.2, 0.25) is 5.91 Å². The molecule has 0 aromatic carbocycles. The minimum absolute atomic E-state index is 0.185. The Morgan fingerprint density at radius 2 is 2.05 bits per heavy atom. The van der Waals surface area contributed by atoms with E-state index in [-0.39, 0.29) is 5.91 Å². The van der Waals surface area contributed by atoms with Crippen molar-refractivity contribution in [3.8, 4) is 0 Å². The number of nitrogens with zero attached hydrogens (tertiary/aromatic N) is 3. The third kappa shape index (κ3) is 4.21. The van der Waals surface area contributed by atoms with Gasteiger partial charge in [0.25, 0.3) is 0 Å². The fourth-order valence-electron chi connectivity index (χ4n) is 2.01. The minimum Gasteiger partial charge on any atom is -0.343 e. The average Bonchev–Trinajstić information content (AvgIpc) is 2.61. The van der Waals surface area contributed by atoms with Gasteiger partial charge in [-0.1, -0.05) is 11.6 Å². The van der Waals surface area contributed by atoms with Crippen molar-refractivity contribution in [1.82, 2.24) is 20.0 Å². The lowest BCUT2D eigenvalue weighted by atomic mass is 10.3. The number of aromatic nitrogens is 2. The number of rotatable bonds is 7. The zero-order valence-corrected chi connectivity index (χ0v) is 12.9. The Hall–Kier alpha value is -1.07. The predicted molar refractivity (Wildman–Crippen MR) is 77.2 cm³/mol. The minimum atomic E-state index is 0.185. The second-order valence-electron chi connectivity index (χ2n) is 4.46. The summed E-state index contributed by atoms with van der Waals surface area (Å²) in [5.74, 6) is 0.185. The summed E-state index contributed by atoms with van der Waals surface area (Å²) >= 11 is 6.15. The van der Waals surface area contributed by atoms with Crippen LogP contribution >= 0.6 is 11.6 Å². The number of hydrogen-bond acceptors (Lipinski definition) is 3. The molecule has 0 aliphatic carbocycles. The summed E-state index contributed by atoms with van der Waals surface area (Å²) in [6.45, 7) is 8.68. The Balaban J connectivity index is 2.37. The second-order valence-corrected chi connectivity index (χ2v) is 4.84. The molecule has 0 aliphatic rings. The fourth-order valence-corrected chi connectivity index (χ4v) is 2.24. The van der Waals surface area contributed by atoms with Crippen LogP contribution in [0.4, 0.5) is 0 Å². The molecule has 1 aromatic heterocycles. The van der Waals surface area contributed by atoms with Crippen LogP contribution in [0, 0.1) is 6.92 Å². The van der Waals surface area contributed by atoms with E-state index in [2.05, 4.69) is 10.4 Å². The van der Waals surface area contributed by atoms with Crippen molar-refractivity contribution in [2.45, 2.75) is 33.7 Å². The van der Waals surface area contributed by atoms with Crippen LogP contribution in [0.3, 0.4) is 0 Å². The first-order chi connectivity index (χ1) is 9.01. The molecule has 0 bridgehead atoms. The highest BCUT2D eigenvalue weighted by molar-refractivity contribution is 6.31. The van der Waals surface area contributed by atoms with Crippen molar-refractivity contribution in [2.24, 2.45) is 7.05 Å². The summed E-state index contributed by atoms with van der Waals surface area (Å²) in [6.07, 6.45) is 0.510. The summed E-state index contributed by atoms with van der Waals surface area (Å²) in [5, 5.41) is 8.19. The molecular weight excluding hydrogens is 264 g/mol. The smallest absolute Gasteiger partial charge is 0.223 e. The Bertz CT molecular complexity index is 427. The Kier molecular flexibility index (Phi) is 6.31. The maximum absolute atomic E-state index is 11.8. The number of carbonyl (C=O) groups is 1. The van der Waals surface area contributed by atoms with Gasteiger partial charge in [0.1, 0.15) is 0 Å². The van der Waals surface area contributed by atoms with Gasteiger partial charge in [0, 0.05) is 39.6 Å². The zero-order valence-electron chi connectivity index (χ0n) is 12.2. The third-order valence-electron chi connectivity index (χ3n) is 3.19. The maximum atomic E-state index is 11.8. The number of carbonyl (C=O) groups excluding carboxylic acids is 1. The first-order valence-electron chi connectivity index (χ1n) is 6.67. The van der Waals surface area contributed by atoms with Gasteiger partial charge in [0.15, 0.2) is 0 Å². The van der Waals surface area contributed by atoms with Crippen molar-refractivity contribution in [3.05, 3.63) is 16.4 Å². The van der Waals surface area contributed by atoms with E-state index >= 15 is 0 Å². The largest absolute Gasteiger partial charge is 0.343 e. The highest BCUT2D eigenvalue weighted by Gasteiger charge is 2.11. The van der Waals surface area contributed by atoms with E-state index in [4.69, 9.17) is 11.6 Å². The van der Waals surface area contributed by atoms with E-state index in [9.17, 15) is 4.79 Å². The molecule has 0 radical (unpaired) electrons. The molecule has 0 spiro atoms. The average molecular weight is 287 g/mol. The zero-order chi connectivity index (χ0) is 14.4. The molecule has 0 unspecified atom stereocenters. The Morgan fingerprint density at radius 3 is 2.53 bits per heavy atom. The van der Waals surface area contributed by atoms with Crippen LogP contribution in [0.5, 0.6) is 0 Å². The van der Waals surface area contributed by atoms with Gasteiger partial charge in [-0.25, -0.2) is 0 Å². The summed E-state index contributed by atoms with van der Waals surface area (Å²) in [6, 6.07) is 0. The molecule has 0 saturated heterocycles. The lowest BCUT2D eigenvalue weighted by Gasteiger charge is -2.18. The van der Waals surface area contributed by atoms with Gasteiger partial charge >= 0.3 is 0 Å². The second kappa shape index (κ2) is 7.50. The summed E-state index contributed by atoms with van der Waals surface area (Å²) in [4.78, 5) is 13.6. The fraction of sp³-hybridized carbons (Fsp3) is 0.692. The molecule has 108 valence electrons. The Morgan fingerprint density at radius 1 is 1.42 bits per heavy atom. The molecule has 0 saturated carbocycles. The van der Waals surface area contributed by atoms with Gasteiger partial charge in [0.05, 0.1) is 16.4 Å². The van der Waals surface area contributed by atoms with Crippen LogP contribution in [-0.4, -0.2) is 40.2 Å². The van der Waals surface area contributed by atoms with Crippen LogP contribution in [0.25, 0.3) is 0 Å². The molecule has 1 N–H and O–H groups in total. The number of aryl methyl sites for hydroxylation is 2. The van der Waals surface area contributed by atoms with E-state index in [1.54, 1.807) is 4.68 Å². The molecule has 19 heavy (non-hydrogen) atoms. The number of hydrogen-bond donors (Lipinski definition) is 1. The van der Waals surface area contributed by atoms with Gasteiger partial charge < -0.3 is 10.2 Å². The van der Waals surface area contributed by atoms with Gasteiger partial charge in [-0.15, -0.1) is 0 Å². The van der Waals surface area contributed by atoms with Crippen LogP contribution in [0.15, 0.2) is 0 Å². The van der Waals surface area contributed by atoms with Crippen molar-refractivity contribution < 1.29 is 4.79 Å². The van der Waals surface area contributed by atoms with Crippen molar-refractivity contribution >= 4 is 17.5 Å². The van der Waals surface area contributed by atoms with Crippen molar-refractivity contribution in [1.29, 1.82) is 0 Å². The number of halogens is 1. The highest BCUT2D eigenvalue weighted by atomic mass is 35.5. The van der Waals surface area contributed by atoms with Crippen molar-refractivity contribution in [2.75, 3.05) is 19.6 Å². The summed E-state index contributed by atoms with van der Waals surface area (Å²) in [7, 11) is 1.87. The summed E-state index contributed by atoms with van der Waals surface area (Å²) in [5.41, 5.74) is 1.79. The van der Waals surface area contributed by atoms with Crippen molar-refractivity contribution in [3.63, 3.8) is 0 Å². The standard InChI is InChI=1S/C13H23ClN4O/c1-5-18(6-2)12(19)7-8-15-9-11-13(14)10(3)16-17(11)4/h15H,5-9H2,1-4H3. The van der Waals surface area contributed by atoms with Crippen LogP contribution in [0.2, 0.25) is 5.02 Å². The van der Waals surface area contributed by atoms with E-state index < -0.39 is 0 Å². The molecule has 0 aliphatic heterocycles. The molecular formula is C13H23ClN4O. The topological polar surface area (TPSA) is 50.2 Å². The van der Waals surface area contributed by atoms with Gasteiger partial charge in [-0.3, -0.25) is 9.48 Å². The molecule has 1 rings (SSSR count). The number of nitrogens with one attached hydrogen (secondary N) is 1. The SMILES string of the molecule is CCN(CC)C(=O)CCNCc1c(Cl)c(C)nn1C. The lowest BCUT2D eigenvalue weighted by Crippen LogP contribution is -2.32. The molecule has 0 fully saturated rings. The van der Waals surface area contributed by atoms with E-state index in [1.165, 1.54) is 0 Å². The first kappa shape index (κ1) is 16.0. The molecule has 1 aromatic rings. The summed E-state index contributed by atoms with van der Waals surface area (Å²) < 4.78 is 1.77. The third-order valence-corrected chi connectivity index (χ3v) is 3.68. The number of amides is 1. The molecule has 5 nitrogen and oxygen atoms in total. The van der Waals surface area contributed by atoms with E-state index in [1.807, 2.05) is 32.7 Å². The highest BCUT2D eigenvalue weighted by Crippen LogP contribution is 2.18. The molecule has 0 atom stereocenters. The predicted octanol–water partition coefficient (Wildman–Crippen LogP) is 1.73. The van der Waals surface area contributed by atoms with Gasteiger partial charge in [-0.05, 0) is 20.8 Å². The quantitative estimate of drug-likeness (QED) is 0.777. The lowest BCUT2D eigenvalue weighted by molar-refractivity contribution is -0.130. The maximum Gasteiger partial charge on any atom is 0.223 e. The van der Waals surface area contributed by atoms with Crippen LogP contribution in [-0.2, 0) is 18.4 Å². The molecule has 6 heteroatoms. The molecule has 1 amide bonds. The van der Waals surface area contributed by atoms with Crippen LogP contribution < -0.4 is 5.32 Å². The normalized spacial score (nSPS) is 10.8. The first-order valence-corrected chi connectivity index (χ1v) is 7.05. The molecule has 1 heterocycles. The van der Waals surface area contributed by atoms with Gasteiger partial charge in [-0.2, -0.15) is 5.10 Å². The van der Waals surface area contributed by atoms with E-state index in [0.29, 0.717) is 24.5 Å². The van der Waals surface area contributed by atoms with E-state index in [0.717, 1.165) is 24.5 Å². The Labute approximate surface area is 119 Å². The van der Waals surface area contributed by atoms with Crippen LogP contribution in [0.1, 0.15) is 31.7 Å².